The molecule has 29 heavy (non-hydrogen) atoms. The lowest BCUT2D eigenvalue weighted by Gasteiger charge is -2.25. The number of hydrogen-bond donors (Lipinski definition) is 1. The van der Waals surface area contributed by atoms with Crippen LogP contribution in [0.2, 0.25) is 0 Å². The molecule has 5 rings (SSSR count). The normalized spacial score (nSPS) is 14.3. The van der Waals surface area contributed by atoms with Gasteiger partial charge in [-0.15, -0.1) is 22.7 Å². The molecule has 148 valence electrons. The Morgan fingerprint density at radius 1 is 1.24 bits per heavy atom. The van der Waals surface area contributed by atoms with Crippen LogP contribution in [0.4, 0.5) is 5.00 Å². The number of likely N-dealkylation sites (N-methyl/N-ethyl adjacent to an activating group) is 1. The Balaban J connectivity index is 1.60. The topological polar surface area (TPSA) is 63.1 Å². The molecular formula is C21H21N5OS2. The summed E-state index contributed by atoms with van der Waals surface area (Å²) in [6.07, 6.45) is 2.62. The van der Waals surface area contributed by atoms with E-state index in [0.29, 0.717) is 5.69 Å². The third-order valence-electron chi connectivity index (χ3n) is 5.37. The van der Waals surface area contributed by atoms with Gasteiger partial charge in [0.2, 0.25) is 0 Å². The van der Waals surface area contributed by atoms with Crippen molar-refractivity contribution >= 4 is 43.8 Å². The molecule has 0 atom stereocenters. The van der Waals surface area contributed by atoms with Gasteiger partial charge in [0.15, 0.2) is 0 Å². The first-order chi connectivity index (χ1) is 14.1. The minimum Gasteiger partial charge on any atom is -0.312 e. The van der Waals surface area contributed by atoms with Crippen LogP contribution in [0.25, 0.3) is 20.8 Å². The number of aryl methyl sites for hydroxylation is 1. The molecule has 0 bridgehead atoms. The van der Waals surface area contributed by atoms with Crippen molar-refractivity contribution in [3.63, 3.8) is 0 Å². The van der Waals surface area contributed by atoms with E-state index in [1.165, 1.54) is 10.4 Å². The Hall–Kier alpha value is -2.55. The lowest BCUT2D eigenvalue weighted by atomic mass is 10.0. The first-order valence-electron chi connectivity index (χ1n) is 9.66. The Bertz CT molecular complexity index is 1170. The summed E-state index contributed by atoms with van der Waals surface area (Å²) < 4.78 is 2.76. The van der Waals surface area contributed by atoms with Crippen molar-refractivity contribution < 1.29 is 4.79 Å². The Kier molecular flexibility index (Phi) is 4.69. The van der Waals surface area contributed by atoms with Gasteiger partial charge in [-0.1, -0.05) is 19.1 Å². The monoisotopic (exact) mass is 423 g/mol. The molecule has 8 heteroatoms. The average molecular weight is 424 g/mol. The maximum absolute atomic E-state index is 12.9. The van der Waals surface area contributed by atoms with Crippen molar-refractivity contribution in [1.82, 2.24) is 19.7 Å². The number of rotatable bonds is 4. The van der Waals surface area contributed by atoms with Crippen LogP contribution in [0, 0.1) is 0 Å². The van der Waals surface area contributed by atoms with Gasteiger partial charge in [-0.05, 0) is 36.7 Å². The first kappa shape index (κ1) is 18.5. The lowest BCUT2D eigenvalue weighted by Crippen LogP contribution is -2.29. The second kappa shape index (κ2) is 7.37. The number of amides is 1. The number of hydrogen-bond acceptors (Lipinski definition) is 6. The summed E-state index contributed by atoms with van der Waals surface area (Å²) in [4.78, 5) is 21.6. The van der Waals surface area contributed by atoms with Gasteiger partial charge in [-0.25, -0.2) is 4.98 Å². The van der Waals surface area contributed by atoms with Gasteiger partial charge in [0.1, 0.15) is 15.7 Å². The van der Waals surface area contributed by atoms with Gasteiger partial charge in [-0.2, -0.15) is 5.10 Å². The predicted octanol–water partition coefficient (Wildman–Crippen LogP) is 4.39. The van der Waals surface area contributed by atoms with Gasteiger partial charge in [0.05, 0.1) is 10.2 Å². The number of carbonyl (C=O) groups is 1. The fourth-order valence-electron chi connectivity index (χ4n) is 3.78. The maximum Gasteiger partial charge on any atom is 0.274 e. The molecule has 1 amide bonds. The quantitative estimate of drug-likeness (QED) is 0.529. The van der Waals surface area contributed by atoms with Crippen molar-refractivity contribution in [3.05, 3.63) is 52.7 Å². The molecule has 0 saturated heterocycles. The Labute approximate surface area is 176 Å². The first-order valence-corrected chi connectivity index (χ1v) is 11.3. The standard InChI is InChI=1S/C21H21N5OS2/c1-3-26-11-9-13-17(12-26)29-21(24-19(27)15-8-10-22-25(15)2)18(13)20-23-14-6-4-5-7-16(14)28-20/h4-8,10H,3,9,11-12H2,1-2H3,(H,24,27). The number of anilines is 1. The fraction of sp³-hybridized carbons (Fsp3) is 0.286. The molecule has 1 aromatic carbocycles. The highest BCUT2D eigenvalue weighted by Gasteiger charge is 2.27. The molecule has 3 aromatic heterocycles. The number of carbonyl (C=O) groups excluding carboxylic acids is 1. The fourth-order valence-corrected chi connectivity index (χ4v) is 6.18. The molecule has 0 unspecified atom stereocenters. The highest BCUT2D eigenvalue weighted by molar-refractivity contribution is 7.22. The van der Waals surface area contributed by atoms with Crippen molar-refractivity contribution in [1.29, 1.82) is 0 Å². The second-order valence-corrected chi connectivity index (χ2v) is 9.24. The average Bonchev–Trinajstić information content (AvgIpc) is 3.42. The predicted molar refractivity (Wildman–Crippen MR) is 119 cm³/mol. The molecule has 4 heterocycles. The van der Waals surface area contributed by atoms with E-state index in [4.69, 9.17) is 4.98 Å². The number of thiophene rings is 1. The van der Waals surface area contributed by atoms with Crippen molar-refractivity contribution in [2.45, 2.75) is 19.9 Å². The molecule has 1 aliphatic rings. The van der Waals surface area contributed by atoms with E-state index >= 15 is 0 Å². The number of benzene rings is 1. The maximum atomic E-state index is 12.9. The van der Waals surface area contributed by atoms with Gasteiger partial charge in [-0.3, -0.25) is 14.4 Å². The van der Waals surface area contributed by atoms with E-state index in [9.17, 15) is 4.79 Å². The van der Waals surface area contributed by atoms with E-state index in [0.717, 1.165) is 51.8 Å². The third kappa shape index (κ3) is 3.27. The van der Waals surface area contributed by atoms with E-state index in [1.807, 2.05) is 18.2 Å². The van der Waals surface area contributed by atoms with E-state index in [2.05, 4.69) is 28.3 Å². The van der Waals surface area contributed by atoms with Gasteiger partial charge < -0.3 is 5.32 Å². The van der Waals surface area contributed by atoms with E-state index in [1.54, 1.807) is 46.7 Å². The molecule has 0 saturated carbocycles. The number of aromatic nitrogens is 3. The molecule has 1 aliphatic heterocycles. The summed E-state index contributed by atoms with van der Waals surface area (Å²) in [5.41, 5.74) is 3.97. The van der Waals surface area contributed by atoms with Crippen LogP contribution < -0.4 is 5.32 Å². The van der Waals surface area contributed by atoms with Crippen LogP contribution in [0.1, 0.15) is 27.9 Å². The summed E-state index contributed by atoms with van der Waals surface area (Å²) in [5, 5.41) is 9.14. The minimum atomic E-state index is -0.140. The Morgan fingerprint density at radius 3 is 2.86 bits per heavy atom. The number of nitrogens with one attached hydrogen (secondary N) is 1. The van der Waals surface area contributed by atoms with Crippen molar-refractivity contribution in [2.24, 2.45) is 7.05 Å². The number of nitrogens with zero attached hydrogens (tertiary/aromatic N) is 4. The summed E-state index contributed by atoms with van der Waals surface area (Å²) >= 11 is 3.37. The van der Waals surface area contributed by atoms with Crippen LogP contribution >= 0.6 is 22.7 Å². The second-order valence-electron chi connectivity index (χ2n) is 7.11. The van der Waals surface area contributed by atoms with Crippen LogP contribution in [0.3, 0.4) is 0 Å². The lowest BCUT2D eigenvalue weighted by molar-refractivity contribution is 0.101. The summed E-state index contributed by atoms with van der Waals surface area (Å²) in [6, 6.07) is 9.93. The van der Waals surface area contributed by atoms with Gasteiger partial charge >= 0.3 is 0 Å². The minimum absolute atomic E-state index is 0.140. The number of thiazole rings is 1. The van der Waals surface area contributed by atoms with Gasteiger partial charge in [0.25, 0.3) is 5.91 Å². The highest BCUT2D eigenvalue weighted by Crippen LogP contribution is 2.45. The SMILES string of the molecule is CCN1CCc2c(sc(NC(=O)c3ccnn3C)c2-c2nc3ccccc3s2)C1. The molecule has 4 aromatic rings. The zero-order valence-corrected chi connectivity index (χ0v) is 17.9. The molecule has 1 N–H and O–H groups in total. The highest BCUT2D eigenvalue weighted by atomic mass is 32.1. The van der Waals surface area contributed by atoms with Crippen LogP contribution in [-0.2, 0) is 20.0 Å². The molecule has 0 spiro atoms. The van der Waals surface area contributed by atoms with E-state index in [-0.39, 0.29) is 5.91 Å². The van der Waals surface area contributed by atoms with Crippen LogP contribution in [0.5, 0.6) is 0 Å². The molecule has 0 aliphatic carbocycles. The number of fused-ring (bicyclic) bond motifs is 2. The summed E-state index contributed by atoms with van der Waals surface area (Å²) in [5.74, 6) is -0.140. The zero-order valence-electron chi connectivity index (χ0n) is 16.3. The molecule has 6 nitrogen and oxygen atoms in total. The third-order valence-corrected chi connectivity index (χ3v) is 7.56. The van der Waals surface area contributed by atoms with Gasteiger partial charge in [0, 0.05) is 36.8 Å². The molecular weight excluding hydrogens is 402 g/mol. The summed E-state index contributed by atoms with van der Waals surface area (Å²) in [7, 11) is 1.78. The Morgan fingerprint density at radius 2 is 2.10 bits per heavy atom. The van der Waals surface area contributed by atoms with Crippen molar-refractivity contribution in [2.75, 3.05) is 18.4 Å². The molecule has 0 radical (unpaired) electrons. The van der Waals surface area contributed by atoms with E-state index < -0.39 is 0 Å². The smallest absolute Gasteiger partial charge is 0.274 e. The van der Waals surface area contributed by atoms with Crippen molar-refractivity contribution in [3.8, 4) is 10.6 Å². The zero-order chi connectivity index (χ0) is 20.0. The summed E-state index contributed by atoms with van der Waals surface area (Å²) in [6.45, 7) is 5.19. The largest absolute Gasteiger partial charge is 0.312 e. The molecule has 0 fully saturated rings. The van der Waals surface area contributed by atoms with Crippen LogP contribution in [0.15, 0.2) is 36.5 Å². The van der Waals surface area contributed by atoms with Crippen LogP contribution in [-0.4, -0.2) is 38.7 Å². The number of para-hydroxylation sites is 1.